The fourth-order valence-electron chi connectivity index (χ4n) is 1.70. The molecule has 1 fully saturated rings. The third-order valence-electron chi connectivity index (χ3n) is 2.88. The lowest BCUT2D eigenvalue weighted by molar-refractivity contribution is 0.177. The van der Waals surface area contributed by atoms with E-state index < -0.39 is 0 Å². The highest BCUT2D eigenvalue weighted by molar-refractivity contribution is 5.18. The highest BCUT2D eigenvalue weighted by Crippen LogP contribution is 2.44. The van der Waals surface area contributed by atoms with Crippen molar-refractivity contribution in [3.63, 3.8) is 0 Å². The molecule has 0 radical (unpaired) electrons. The summed E-state index contributed by atoms with van der Waals surface area (Å²) in [5, 5.41) is 18.0. The van der Waals surface area contributed by atoms with Gasteiger partial charge in [0.05, 0.1) is 6.61 Å². The van der Waals surface area contributed by atoms with Crippen LogP contribution in [-0.2, 0) is 0 Å². The first-order chi connectivity index (χ1) is 5.14. The van der Waals surface area contributed by atoms with Crippen molar-refractivity contribution < 1.29 is 10.2 Å². The first-order valence-corrected chi connectivity index (χ1v) is 4.05. The van der Waals surface area contributed by atoms with Crippen LogP contribution in [0.5, 0.6) is 0 Å². The minimum absolute atomic E-state index is 0.132. The molecule has 0 aromatic carbocycles. The second-order valence-electron chi connectivity index (χ2n) is 3.66. The predicted octanol–water partition coefficient (Wildman–Crippen LogP) is 0.944. The van der Waals surface area contributed by atoms with Crippen LogP contribution in [0.15, 0.2) is 12.2 Å². The van der Waals surface area contributed by atoms with Gasteiger partial charge in [-0.2, -0.15) is 0 Å². The predicted molar refractivity (Wildman–Crippen MR) is 44.1 cm³/mol. The number of aliphatic hydroxyl groups is 2. The molecule has 0 aromatic rings. The number of rotatable bonds is 2. The number of aliphatic hydroxyl groups excluding tert-OH is 2. The van der Waals surface area contributed by atoms with Crippen molar-refractivity contribution >= 4 is 0 Å². The summed E-state index contributed by atoms with van der Waals surface area (Å²) in [5.41, 5.74) is 0.885. The van der Waals surface area contributed by atoms with Crippen LogP contribution in [0.2, 0.25) is 0 Å². The SMILES string of the molecule is C=C1[C@@H](CO)CC[C@@]1(C)CO. The van der Waals surface area contributed by atoms with Crippen molar-refractivity contribution in [1.82, 2.24) is 0 Å². The van der Waals surface area contributed by atoms with Crippen molar-refractivity contribution in [2.24, 2.45) is 11.3 Å². The Kier molecular flexibility index (Phi) is 2.35. The molecule has 2 heteroatoms. The summed E-state index contributed by atoms with van der Waals surface area (Å²) in [6.07, 6.45) is 1.92. The zero-order valence-electron chi connectivity index (χ0n) is 7.01. The molecule has 0 aromatic heterocycles. The zero-order chi connectivity index (χ0) is 8.48. The summed E-state index contributed by atoms with van der Waals surface area (Å²) in [5.74, 6) is 0.215. The number of hydrogen-bond acceptors (Lipinski definition) is 2. The molecule has 1 rings (SSSR count). The minimum Gasteiger partial charge on any atom is -0.396 e. The minimum atomic E-state index is -0.132. The first-order valence-electron chi connectivity index (χ1n) is 4.05. The van der Waals surface area contributed by atoms with E-state index in [0.29, 0.717) is 0 Å². The van der Waals surface area contributed by atoms with Crippen LogP contribution in [0.25, 0.3) is 0 Å². The van der Waals surface area contributed by atoms with Gasteiger partial charge >= 0.3 is 0 Å². The molecule has 11 heavy (non-hydrogen) atoms. The summed E-state index contributed by atoms with van der Waals surface area (Å²) in [4.78, 5) is 0. The second kappa shape index (κ2) is 2.95. The molecular weight excluding hydrogens is 140 g/mol. The highest BCUT2D eigenvalue weighted by atomic mass is 16.3. The Morgan fingerprint density at radius 1 is 1.64 bits per heavy atom. The lowest BCUT2D eigenvalue weighted by atomic mass is 9.84. The standard InChI is InChI=1S/C9H16O2/c1-7-8(5-10)3-4-9(7,2)6-11/h8,10-11H,1,3-6H2,2H3/t8-,9+/m1/s1. The summed E-state index contributed by atoms with van der Waals surface area (Å²) in [6, 6.07) is 0. The zero-order valence-corrected chi connectivity index (χ0v) is 7.01. The van der Waals surface area contributed by atoms with Gasteiger partial charge in [0.25, 0.3) is 0 Å². The van der Waals surface area contributed by atoms with E-state index in [-0.39, 0.29) is 24.5 Å². The van der Waals surface area contributed by atoms with E-state index in [1.54, 1.807) is 0 Å². The molecular formula is C9H16O2. The monoisotopic (exact) mass is 156 g/mol. The van der Waals surface area contributed by atoms with Crippen LogP contribution in [0.1, 0.15) is 19.8 Å². The molecule has 2 atom stereocenters. The van der Waals surface area contributed by atoms with Crippen LogP contribution in [-0.4, -0.2) is 23.4 Å². The van der Waals surface area contributed by atoms with E-state index in [2.05, 4.69) is 6.58 Å². The van der Waals surface area contributed by atoms with Crippen molar-refractivity contribution in [3.05, 3.63) is 12.2 Å². The average Bonchev–Trinajstić information content (AvgIpc) is 2.31. The van der Waals surface area contributed by atoms with E-state index in [1.807, 2.05) is 6.92 Å². The van der Waals surface area contributed by atoms with Gasteiger partial charge < -0.3 is 10.2 Å². The molecule has 0 unspecified atom stereocenters. The summed E-state index contributed by atoms with van der Waals surface area (Å²) >= 11 is 0. The molecule has 0 heterocycles. The van der Waals surface area contributed by atoms with E-state index >= 15 is 0 Å². The Hall–Kier alpha value is -0.340. The molecule has 0 spiro atoms. The maximum Gasteiger partial charge on any atom is 0.0522 e. The molecule has 1 aliphatic rings. The highest BCUT2D eigenvalue weighted by Gasteiger charge is 2.37. The van der Waals surface area contributed by atoms with Gasteiger partial charge in [0.2, 0.25) is 0 Å². The fraction of sp³-hybridized carbons (Fsp3) is 0.778. The summed E-state index contributed by atoms with van der Waals surface area (Å²) < 4.78 is 0. The van der Waals surface area contributed by atoms with Crippen molar-refractivity contribution in [3.8, 4) is 0 Å². The maximum atomic E-state index is 9.07. The molecule has 0 aliphatic heterocycles. The van der Waals surface area contributed by atoms with Crippen molar-refractivity contribution in [2.45, 2.75) is 19.8 Å². The van der Waals surface area contributed by atoms with E-state index in [4.69, 9.17) is 10.2 Å². The Morgan fingerprint density at radius 3 is 2.55 bits per heavy atom. The van der Waals surface area contributed by atoms with Crippen LogP contribution in [0.3, 0.4) is 0 Å². The van der Waals surface area contributed by atoms with Gasteiger partial charge in [-0.25, -0.2) is 0 Å². The molecule has 2 nitrogen and oxygen atoms in total. The lowest BCUT2D eigenvalue weighted by Gasteiger charge is -2.23. The Morgan fingerprint density at radius 2 is 2.27 bits per heavy atom. The van der Waals surface area contributed by atoms with Gasteiger partial charge in [-0.3, -0.25) is 0 Å². The maximum absolute atomic E-state index is 9.07. The molecule has 0 bridgehead atoms. The fourth-order valence-corrected chi connectivity index (χ4v) is 1.70. The summed E-state index contributed by atoms with van der Waals surface area (Å²) in [7, 11) is 0. The van der Waals surface area contributed by atoms with E-state index in [1.165, 1.54) is 0 Å². The quantitative estimate of drug-likeness (QED) is 0.584. The van der Waals surface area contributed by atoms with Crippen molar-refractivity contribution in [2.75, 3.05) is 13.2 Å². The number of hydrogen-bond donors (Lipinski definition) is 2. The smallest absolute Gasteiger partial charge is 0.0522 e. The summed E-state index contributed by atoms with van der Waals surface area (Å²) in [6.45, 7) is 6.25. The van der Waals surface area contributed by atoms with Crippen LogP contribution >= 0.6 is 0 Å². The van der Waals surface area contributed by atoms with Crippen LogP contribution in [0.4, 0.5) is 0 Å². The van der Waals surface area contributed by atoms with Gasteiger partial charge in [0, 0.05) is 17.9 Å². The topological polar surface area (TPSA) is 40.5 Å². The van der Waals surface area contributed by atoms with E-state index in [9.17, 15) is 0 Å². The molecule has 1 aliphatic carbocycles. The average molecular weight is 156 g/mol. The van der Waals surface area contributed by atoms with Crippen LogP contribution < -0.4 is 0 Å². The van der Waals surface area contributed by atoms with Crippen molar-refractivity contribution in [1.29, 1.82) is 0 Å². The Balaban J connectivity index is 2.69. The van der Waals surface area contributed by atoms with E-state index in [0.717, 1.165) is 18.4 Å². The first kappa shape index (κ1) is 8.75. The van der Waals surface area contributed by atoms with Crippen LogP contribution in [0, 0.1) is 11.3 Å². The molecule has 2 N–H and O–H groups in total. The van der Waals surface area contributed by atoms with Gasteiger partial charge in [-0.05, 0) is 12.8 Å². The second-order valence-corrected chi connectivity index (χ2v) is 3.66. The lowest BCUT2D eigenvalue weighted by Crippen LogP contribution is -2.20. The Labute approximate surface area is 67.6 Å². The van der Waals surface area contributed by atoms with Gasteiger partial charge in [0.1, 0.15) is 0 Å². The molecule has 0 saturated heterocycles. The van der Waals surface area contributed by atoms with Gasteiger partial charge in [0.15, 0.2) is 0 Å². The third-order valence-corrected chi connectivity index (χ3v) is 2.88. The normalized spacial score (nSPS) is 38.1. The molecule has 1 saturated carbocycles. The van der Waals surface area contributed by atoms with Gasteiger partial charge in [-0.1, -0.05) is 19.1 Å². The largest absolute Gasteiger partial charge is 0.396 e. The molecule has 0 amide bonds. The Bertz CT molecular complexity index is 165. The van der Waals surface area contributed by atoms with Gasteiger partial charge in [-0.15, -0.1) is 0 Å². The molecule has 64 valence electrons. The third kappa shape index (κ3) is 1.33.